The molecule has 1 aliphatic carbocycles. The molecule has 3 rings (SSSR count). The zero-order chi connectivity index (χ0) is 14.8. The number of ether oxygens (including phenoxy) is 1. The topological polar surface area (TPSA) is 51.5 Å². The van der Waals surface area contributed by atoms with Crippen LogP contribution in [0.4, 0.5) is 0 Å². The van der Waals surface area contributed by atoms with Crippen LogP contribution in [-0.4, -0.2) is 13.0 Å². The van der Waals surface area contributed by atoms with E-state index in [1.807, 2.05) is 24.3 Å². The second-order valence-corrected chi connectivity index (χ2v) is 5.54. The highest BCUT2D eigenvalue weighted by Crippen LogP contribution is 2.41. The molecule has 0 saturated heterocycles. The molecule has 21 heavy (non-hydrogen) atoms. The molecule has 4 nitrogen and oxygen atoms in total. The fraction of sp³-hybridized carbons (Fsp3) is 0.312. The predicted octanol–water partition coefficient (Wildman–Crippen LogP) is 3.82. The number of hydrogen-bond donors (Lipinski definition) is 1. The van der Waals surface area contributed by atoms with Crippen LogP contribution in [0.2, 0.25) is 5.22 Å². The Kier molecular flexibility index (Phi) is 3.88. The lowest BCUT2D eigenvalue weighted by Crippen LogP contribution is -2.29. The number of carbonyl (C=O) groups is 1. The Morgan fingerprint density at radius 2 is 2.00 bits per heavy atom. The Bertz CT molecular complexity index is 631. The van der Waals surface area contributed by atoms with Crippen LogP contribution >= 0.6 is 11.6 Å². The van der Waals surface area contributed by atoms with E-state index in [1.165, 1.54) is 0 Å². The minimum Gasteiger partial charge on any atom is -0.497 e. The van der Waals surface area contributed by atoms with E-state index in [0.29, 0.717) is 5.92 Å². The Morgan fingerprint density at radius 3 is 2.52 bits per heavy atom. The van der Waals surface area contributed by atoms with Crippen molar-refractivity contribution in [2.75, 3.05) is 7.11 Å². The Balaban J connectivity index is 1.76. The summed E-state index contributed by atoms with van der Waals surface area (Å²) in [7, 11) is 1.63. The summed E-state index contributed by atoms with van der Waals surface area (Å²) in [4.78, 5) is 12.2. The van der Waals surface area contributed by atoms with Gasteiger partial charge in [-0.15, -0.1) is 0 Å². The number of rotatable bonds is 5. The number of carbonyl (C=O) groups excluding carboxylic acids is 1. The molecule has 0 aliphatic heterocycles. The van der Waals surface area contributed by atoms with Gasteiger partial charge < -0.3 is 14.5 Å². The summed E-state index contributed by atoms with van der Waals surface area (Å²) in [6.45, 7) is 0. The van der Waals surface area contributed by atoms with Crippen LogP contribution in [0.15, 0.2) is 40.8 Å². The van der Waals surface area contributed by atoms with Crippen LogP contribution in [0.1, 0.15) is 35.0 Å². The van der Waals surface area contributed by atoms with Crippen LogP contribution in [0.25, 0.3) is 0 Å². The first-order chi connectivity index (χ1) is 10.2. The third kappa shape index (κ3) is 3.22. The summed E-state index contributed by atoms with van der Waals surface area (Å²) in [6, 6.07) is 10.9. The lowest BCUT2D eigenvalue weighted by Gasteiger charge is -2.18. The van der Waals surface area contributed by atoms with E-state index in [0.717, 1.165) is 24.2 Å². The zero-order valence-corrected chi connectivity index (χ0v) is 12.4. The Hall–Kier alpha value is -1.94. The molecule has 1 heterocycles. The van der Waals surface area contributed by atoms with Gasteiger partial charge in [-0.3, -0.25) is 4.79 Å². The minimum absolute atomic E-state index is 0.00715. The standard InChI is InChI=1S/C16H16ClNO3/c1-20-12-6-4-11(5-7-12)15(10-2-3-10)18-16(19)13-8-9-14(17)21-13/h4-10,15H,2-3H2,1H3,(H,18,19). The molecule has 1 aliphatic rings. The van der Waals surface area contributed by atoms with Crippen molar-refractivity contribution in [3.63, 3.8) is 0 Å². The molecule has 110 valence electrons. The third-order valence-electron chi connectivity index (χ3n) is 3.65. The number of amides is 1. The lowest BCUT2D eigenvalue weighted by atomic mass is 10.0. The average Bonchev–Trinajstić information content (AvgIpc) is 3.25. The normalized spacial score (nSPS) is 15.5. The van der Waals surface area contributed by atoms with Gasteiger partial charge in [0.25, 0.3) is 5.91 Å². The highest BCUT2D eigenvalue weighted by Gasteiger charge is 2.34. The number of methoxy groups -OCH3 is 1. The molecule has 0 radical (unpaired) electrons. The van der Waals surface area contributed by atoms with E-state index in [4.69, 9.17) is 20.8 Å². The number of benzene rings is 1. The number of nitrogens with one attached hydrogen (secondary N) is 1. The molecule has 1 fully saturated rings. The summed E-state index contributed by atoms with van der Waals surface area (Å²) < 4.78 is 10.3. The van der Waals surface area contributed by atoms with Crippen molar-refractivity contribution >= 4 is 17.5 Å². The second-order valence-electron chi connectivity index (χ2n) is 5.17. The van der Waals surface area contributed by atoms with Crippen LogP contribution < -0.4 is 10.1 Å². The third-order valence-corrected chi connectivity index (χ3v) is 3.86. The van der Waals surface area contributed by atoms with E-state index in [-0.39, 0.29) is 22.9 Å². The second kappa shape index (κ2) is 5.82. The maximum absolute atomic E-state index is 12.2. The molecule has 1 saturated carbocycles. The SMILES string of the molecule is COc1ccc(C(NC(=O)c2ccc(Cl)o2)C2CC2)cc1. The summed E-state index contributed by atoms with van der Waals surface area (Å²) >= 11 is 5.71. The molecule has 0 bridgehead atoms. The number of hydrogen-bond acceptors (Lipinski definition) is 3. The number of furan rings is 1. The van der Waals surface area contributed by atoms with Gasteiger partial charge in [0.05, 0.1) is 13.2 Å². The highest BCUT2D eigenvalue weighted by atomic mass is 35.5. The van der Waals surface area contributed by atoms with Crippen LogP contribution in [0, 0.1) is 5.92 Å². The van der Waals surface area contributed by atoms with Gasteiger partial charge in [-0.2, -0.15) is 0 Å². The highest BCUT2D eigenvalue weighted by molar-refractivity contribution is 6.29. The van der Waals surface area contributed by atoms with E-state index in [2.05, 4.69) is 5.32 Å². The van der Waals surface area contributed by atoms with Gasteiger partial charge in [-0.05, 0) is 60.2 Å². The Labute approximate surface area is 128 Å². The predicted molar refractivity (Wildman–Crippen MR) is 79.6 cm³/mol. The first kappa shape index (κ1) is 14.0. The lowest BCUT2D eigenvalue weighted by molar-refractivity contribution is 0.0903. The van der Waals surface area contributed by atoms with Gasteiger partial charge in [0.1, 0.15) is 5.75 Å². The Morgan fingerprint density at radius 1 is 1.29 bits per heavy atom. The quantitative estimate of drug-likeness (QED) is 0.913. The zero-order valence-electron chi connectivity index (χ0n) is 11.6. The monoisotopic (exact) mass is 305 g/mol. The molecule has 1 unspecified atom stereocenters. The van der Waals surface area contributed by atoms with Crippen molar-refractivity contribution in [1.82, 2.24) is 5.32 Å². The van der Waals surface area contributed by atoms with Crippen molar-refractivity contribution in [2.45, 2.75) is 18.9 Å². The summed E-state index contributed by atoms with van der Waals surface area (Å²) in [5, 5.41) is 3.25. The fourth-order valence-electron chi connectivity index (χ4n) is 2.36. The van der Waals surface area contributed by atoms with E-state index in [1.54, 1.807) is 19.2 Å². The molecule has 1 N–H and O–H groups in total. The molecule has 1 aromatic heterocycles. The first-order valence-corrected chi connectivity index (χ1v) is 7.25. The van der Waals surface area contributed by atoms with E-state index >= 15 is 0 Å². The minimum atomic E-state index is -0.241. The summed E-state index contributed by atoms with van der Waals surface area (Å²) in [5.41, 5.74) is 1.07. The van der Waals surface area contributed by atoms with Crippen molar-refractivity contribution in [1.29, 1.82) is 0 Å². The van der Waals surface area contributed by atoms with E-state index < -0.39 is 0 Å². The fourth-order valence-corrected chi connectivity index (χ4v) is 2.51. The van der Waals surface area contributed by atoms with Gasteiger partial charge in [0.15, 0.2) is 11.0 Å². The molecule has 1 aromatic carbocycles. The molecular weight excluding hydrogens is 290 g/mol. The number of halogens is 1. The summed E-state index contributed by atoms with van der Waals surface area (Å²) in [6.07, 6.45) is 2.24. The largest absolute Gasteiger partial charge is 0.497 e. The van der Waals surface area contributed by atoms with Gasteiger partial charge in [0.2, 0.25) is 0 Å². The van der Waals surface area contributed by atoms with Gasteiger partial charge in [-0.1, -0.05) is 12.1 Å². The van der Waals surface area contributed by atoms with Gasteiger partial charge >= 0.3 is 0 Å². The molecule has 2 aromatic rings. The first-order valence-electron chi connectivity index (χ1n) is 6.87. The van der Waals surface area contributed by atoms with Crippen LogP contribution in [-0.2, 0) is 0 Å². The maximum Gasteiger partial charge on any atom is 0.287 e. The van der Waals surface area contributed by atoms with Crippen molar-refractivity contribution in [2.24, 2.45) is 5.92 Å². The average molecular weight is 306 g/mol. The van der Waals surface area contributed by atoms with Gasteiger partial charge in [0, 0.05) is 0 Å². The van der Waals surface area contributed by atoms with Crippen LogP contribution in [0.3, 0.4) is 0 Å². The van der Waals surface area contributed by atoms with Crippen molar-refractivity contribution < 1.29 is 13.9 Å². The molecule has 1 amide bonds. The van der Waals surface area contributed by atoms with E-state index in [9.17, 15) is 4.79 Å². The maximum atomic E-state index is 12.2. The van der Waals surface area contributed by atoms with Crippen LogP contribution in [0.5, 0.6) is 5.75 Å². The molecule has 1 atom stereocenters. The molecule has 0 spiro atoms. The molecular formula is C16H16ClNO3. The summed E-state index contributed by atoms with van der Waals surface area (Å²) in [5.74, 6) is 1.28. The van der Waals surface area contributed by atoms with Gasteiger partial charge in [-0.25, -0.2) is 0 Å². The van der Waals surface area contributed by atoms with Crippen molar-refractivity contribution in [3.05, 3.63) is 52.9 Å². The van der Waals surface area contributed by atoms with Crippen molar-refractivity contribution in [3.8, 4) is 5.75 Å². The smallest absolute Gasteiger partial charge is 0.287 e. The molecule has 5 heteroatoms.